The molecule has 0 saturated carbocycles. The third-order valence-electron chi connectivity index (χ3n) is 5.06. The van der Waals surface area contributed by atoms with Gasteiger partial charge in [-0.3, -0.25) is 0 Å². The van der Waals surface area contributed by atoms with Crippen molar-refractivity contribution in [2.75, 3.05) is 13.6 Å². The van der Waals surface area contributed by atoms with E-state index < -0.39 is 0 Å². The molecule has 1 fully saturated rings. The number of hydrogen-bond donors (Lipinski definition) is 0. The Morgan fingerprint density at radius 1 is 0.750 bits per heavy atom. The zero-order valence-electron chi connectivity index (χ0n) is 14.3. The summed E-state index contributed by atoms with van der Waals surface area (Å²) < 4.78 is 0. The predicted molar refractivity (Wildman–Crippen MR) is 91.3 cm³/mol. The number of hydrogen-bond acceptors (Lipinski definition) is 1. The molecule has 1 saturated heterocycles. The van der Waals surface area contributed by atoms with Gasteiger partial charge >= 0.3 is 0 Å². The van der Waals surface area contributed by atoms with Gasteiger partial charge in [-0.2, -0.15) is 0 Å². The molecule has 0 bridgehead atoms. The van der Waals surface area contributed by atoms with E-state index in [2.05, 4.69) is 18.9 Å². The molecule has 1 aliphatic rings. The zero-order valence-corrected chi connectivity index (χ0v) is 14.3. The second kappa shape index (κ2) is 12.7. The van der Waals surface area contributed by atoms with Gasteiger partial charge in [0.1, 0.15) is 0 Å². The molecule has 0 N–H and O–H groups in total. The Morgan fingerprint density at radius 3 is 1.70 bits per heavy atom. The fraction of sp³-hybridized carbons (Fsp3) is 1.00. The minimum Gasteiger partial charge on any atom is -0.303 e. The van der Waals surface area contributed by atoms with Gasteiger partial charge in [-0.1, -0.05) is 84.0 Å². The van der Waals surface area contributed by atoms with Gasteiger partial charge < -0.3 is 4.90 Å². The molecule has 1 heterocycles. The minimum absolute atomic E-state index is 0.915. The van der Waals surface area contributed by atoms with Gasteiger partial charge in [0.25, 0.3) is 0 Å². The minimum atomic E-state index is 0.915. The summed E-state index contributed by atoms with van der Waals surface area (Å²) in [4.78, 5) is 2.57. The molecule has 0 aromatic carbocycles. The SMILES string of the molecule is CCCCCCCCCCCCCC[C@H]1CCCN1C. The third-order valence-corrected chi connectivity index (χ3v) is 5.06. The number of likely N-dealkylation sites (tertiary alicyclic amines) is 1. The number of rotatable bonds is 13. The molecule has 0 radical (unpaired) electrons. The quantitative estimate of drug-likeness (QED) is 0.365. The van der Waals surface area contributed by atoms with E-state index in [0.717, 1.165) is 6.04 Å². The highest BCUT2D eigenvalue weighted by Crippen LogP contribution is 2.20. The largest absolute Gasteiger partial charge is 0.303 e. The van der Waals surface area contributed by atoms with Gasteiger partial charge in [0.2, 0.25) is 0 Å². The Kier molecular flexibility index (Phi) is 11.4. The Bertz CT molecular complexity index is 202. The standard InChI is InChI=1S/C19H39N/c1-3-4-5-6-7-8-9-10-11-12-13-14-16-19-17-15-18-20(19)2/h19H,3-18H2,1-2H3/t19-/m0/s1. The van der Waals surface area contributed by atoms with Crippen LogP contribution in [0.1, 0.15) is 103 Å². The number of nitrogens with zero attached hydrogens (tertiary/aromatic N) is 1. The van der Waals surface area contributed by atoms with Crippen molar-refractivity contribution in [3.05, 3.63) is 0 Å². The molecule has 0 aromatic rings. The van der Waals surface area contributed by atoms with Crippen LogP contribution in [0.5, 0.6) is 0 Å². The lowest BCUT2D eigenvalue weighted by molar-refractivity contribution is 0.289. The highest BCUT2D eigenvalue weighted by molar-refractivity contribution is 4.75. The molecule has 1 aliphatic heterocycles. The maximum atomic E-state index is 2.57. The van der Waals surface area contributed by atoms with Gasteiger partial charge in [-0.05, 0) is 32.9 Å². The molecule has 1 heteroatoms. The zero-order chi connectivity index (χ0) is 14.5. The van der Waals surface area contributed by atoms with Crippen molar-refractivity contribution in [2.24, 2.45) is 0 Å². The van der Waals surface area contributed by atoms with E-state index in [1.54, 1.807) is 0 Å². The Labute approximate surface area is 128 Å². The lowest BCUT2D eigenvalue weighted by atomic mass is 10.0. The average Bonchev–Trinajstić information content (AvgIpc) is 2.85. The first-order valence-corrected chi connectivity index (χ1v) is 9.55. The topological polar surface area (TPSA) is 3.24 Å². The third kappa shape index (κ3) is 9.00. The highest BCUT2D eigenvalue weighted by atomic mass is 15.1. The van der Waals surface area contributed by atoms with E-state index in [9.17, 15) is 0 Å². The molecule has 0 amide bonds. The summed E-state index contributed by atoms with van der Waals surface area (Å²) in [7, 11) is 2.30. The van der Waals surface area contributed by atoms with Crippen molar-refractivity contribution in [1.82, 2.24) is 4.90 Å². The monoisotopic (exact) mass is 281 g/mol. The van der Waals surface area contributed by atoms with E-state index in [4.69, 9.17) is 0 Å². The van der Waals surface area contributed by atoms with E-state index in [-0.39, 0.29) is 0 Å². The Hall–Kier alpha value is -0.0400. The van der Waals surface area contributed by atoms with Crippen molar-refractivity contribution in [3.8, 4) is 0 Å². The van der Waals surface area contributed by atoms with Crippen LogP contribution in [0.3, 0.4) is 0 Å². The molecule has 0 spiro atoms. The molecule has 1 nitrogen and oxygen atoms in total. The van der Waals surface area contributed by atoms with Gasteiger partial charge in [0.05, 0.1) is 0 Å². The molecule has 20 heavy (non-hydrogen) atoms. The number of unbranched alkanes of at least 4 members (excludes halogenated alkanes) is 11. The van der Waals surface area contributed by atoms with Crippen LogP contribution in [0, 0.1) is 0 Å². The van der Waals surface area contributed by atoms with Gasteiger partial charge in [-0.25, -0.2) is 0 Å². The average molecular weight is 282 g/mol. The summed E-state index contributed by atoms with van der Waals surface area (Å²) in [5.74, 6) is 0. The molecule has 1 rings (SSSR count). The van der Waals surface area contributed by atoms with Crippen molar-refractivity contribution >= 4 is 0 Å². The highest BCUT2D eigenvalue weighted by Gasteiger charge is 2.19. The molecular weight excluding hydrogens is 242 g/mol. The van der Waals surface area contributed by atoms with Crippen molar-refractivity contribution < 1.29 is 0 Å². The predicted octanol–water partition coefficient (Wildman–Crippen LogP) is 6.17. The van der Waals surface area contributed by atoms with Crippen LogP contribution in [-0.4, -0.2) is 24.5 Å². The second-order valence-electron chi connectivity index (χ2n) is 6.95. The first kappa shape index (κ1) is 18.0. The van der Waals surface area contributed by atoms with Crippen LogP contribution in [0.4, 0.5) is 0 Å². The Morgan fingerprint density at radius 2 is 1.25 bits per heavy atom. The van der Waals surface area contributed by atoms with Gasteiger partial charge in [-0.15, -0.1) is 0 Å². The van der Waals surface area contributed by atoms with Crippen LogP contribution in [-0.2, 0) is 0 Å². The van der Waals surface area contributed by atoms with Crippen LogP contribution in [0.15, 0.2) is 0 Å². The van der Waals surface area contributed by atoms with E-state index in [0.29, 0.717) is 0 Å². The second-order valence-corrected chi connectivity index (χ2v) is 6.95. The van der Waals surface area contributed by atoms with Crippen LogP contribution < -0.4 is 0 Å². The van der Waals surface area contributed by atoms with Gasteiger partial charge in [0.15, 0.2) is 0 Å². The molecule has 0 unspecified atom stereocenters. The maximum Gasteiger partial charge on any atom is 0.00926 e. The normalized spacial score (nSPS) is 19.8. The summed E-state index contributed by atoms with van der Waals surface area (Å²) >= 11 is 0. The maximum absolute atomic E-state index is 2.57. The molecule has 0 aliphatic carbocycles. The Balaban J connectivity index is 1.72. The summed E-state index contributed by atoms with van der Waals surface area (Å²) in [6, 6.07) is 0.915. The summed E-state index contributed by atoms with van der Waals surface area (Å²) in [5, 5.41) is 0. The van der Waals surface area contributed by atoms with E-state index in [1.807, 2.05) is 0 Å². The summed E-state index contributed by atoms with van der Waals surface area (Å²) in [6.07, 6.45) is 21.9. The van der Waals surface area contributed by atoms with Crippen molar-refractivity contribution in [1.29, 1.82) is 0 Å². The van der Waals surface area contributed by atoms with Crippen LogP contribution in [0.25, 0.3) is 0 Å². The van der Waals surface area contributed by atoms with Crippen LogP contribution >= 0.6 is 0 Å². The van der Waals surface area contributed by atoms with Crippen LogP contribution in [0.2, 0.25) is 0 Å². The van der Waals surface area contributed by atoms with Crippen molar-refractivity contribution in [3.63, 3.8) is 0 Å². The van der Waals surface area contributed by atoms with Gasteiger partial charge in [0, 0.05) is 6.04 Å². The lowest BCUT2D eigenvalue weighted by Gasteiger charge is -2.18. The molecule has 120 valence electrons. The van der Waals surface area contributed by atoms with E-state index >= 15 is 0 Å². The smallest absolute Gasteiger partial charge is 0.00926 e. The fourth-order valence-corrected chi connectivity index (χ4v) is 3.56. The van der Waals surface area contributed by atoms with Crippen molar-refractivity contribution in [2.45, 2.75) is 109 Å². The summed E-state index contributed by atoms with van der Waals surface area (Å²) in [6.45, 7) is 3.63. The molecule has 0 aromatic heterocycles. The van der Waals surface area contributed by atoms with E-state index in [1.165, 1.54) is 103 Å². The lowest BCUT2D eigenvalue weighted by Crippen LogP contribution is -2.24. The molecular formula is C19H39N. The molecule has 1 atom stereocenters. The summed E-state index contributed by atoms with van der Waals surface area (Å²) in [5.41, 5.74) is 0. The fourth-order valence-electron chi connectivity index (χ4n) is 3.56. The first-order chi connectivity index (χ1) is 9.84. The first-order valence-electron chi connectivity index (χ1n) is 9.55.